The van der Waals surface area contributed by atoms with Gasteiger partial charge in [-0.2, -0.15) is 0 Å². The number of ether oxygens (including phenoxy) is 1. The minimum atomic E-state index is 0.318. The maximum atomic E-state index is 8.65. The van der Waals surface area contributed by atoms with Crippen LogP contribution in [0.1, 0.15) is 51.9 Å². The van der Waals surface area contributed by atoms with Gasteiger partial charge in [0.1, 0.15) is 0 Å². The molecule has 1 unspecified atom stereocenters. The second-order valence-electron chi connectivity index (χ2n) is 4.46. The largest absolute Gasteiger partial charge is 0.396 e. The van der Waals surface area contributed by atoms with Crippen molar-refractivity contribution in [1.82, 2.24) is 0 Å². The van der Waals surface area contributed by atoms with Gasteiger partial charge in [0.25, 0.3) is 0 Å². The number of hydrogen-bond donors (Lipinski definition) is 1. The van der Waals surface area contributed by atoms with Crippen LogP contribution in [0.3, 0.4) is 0 Å². The van der Waals surface area contributed by atoms with Crippen LogP contribution in [0.25, 0.3) is 0 Å². The molecular weight excluding hydrogens is 188 g/mol. The predicted octanol–water partition coefficient (Wildman–Crippen LogP) is 3.05. The van der Waals surface area contributed by atoms with Crippen molar-refractivity contribution in [1.29, 1.82) is 0 Å². The minimum Gasteiger partial charge on any atom is -0.396 e. The van der Waals surface area contributed by atoms with Crippen LogP contribution in [0.5, 0.6) is 0 Å². The number of rotatable bonds is 6. The highest BCUT2D eigenvalue weighted by molar-refractivity contribution is 5.00. The number of allylic oxidation sites excluding steroid dienone is 1. The standard InChI is InChI=1S/C13H24O2/c1-12(7-3-2-5-9-14)11-13-8-4-6-10-15-13/h7,13-14H,2-6,8-11H2,1H3/b12-7+. The van der Waals surface area contributed by atoms with Crippen LogP contribution in [-0.4, -0.2) is 24.4 Å². The molecule has 1 N–H and O–H groups in total. The fourth-order valence-corrected chi connectivity index (χ4v) is 2.02. The van der Waals surface area contributed by atoms with Gasteiger partial charge in [-0.05, 0) is 51.9 Å². The van der Waals surface area contributed by atoms with Gasteiger partial charge in [0, 0.05) is 13.2 Å². The van der Waals surface area contributed by atoms with Crippen molar-refractivity contribution in [2.45, 2.75) is 58.0 Å². The van der Waals surface area contributed by atoms with Gasteiger partial charge in [0.15, 0.2) is 0 Å². The van der Waals surface area contributed by atoms with Crippen LogP contribution in [0.2, 0.25) is 0 Å². The summed E-state index contributed by atoms with van der Waals surface area (Å²) in [7, 11) is 0. The first kappa shape index (κ1) is 12.7. The summed E-state index contributed by atoms with van der Waals surface area (Å²) >= 11 is 0. The summed E-state index contributed by atoms with van der Waals surface area (Å²) in [6, 6.07) is 0. The first-order valence-corrected chi connectivity index (χ1v) is 6.21. The van der Waals surface area contributed by atoms with Gasteiger partial charge in [-0.3, -0.25) is 0 Å². The Balaban J connectivity index is 2.12. The minimum absolute atomic E-state index is 0.318. The average molecular weight is 212 g/mol. The molecule has 1 atom stereocenters. The van der Waals surface area contributed by atoms with E-state index in [9.17, 15) is 0 Å². The Morgan fingerprint density at radius 1 is 1.40 bits per heavy atom. The Morgan fingerprint density at radius 3 is 2.93 bits per heavy atom. The molecule has 0 aromatic heterocycles. The van der Waals surface area contributed by atoms with Crippen LogP contribution in [-0.2, 0) is 4.74 Å². The summed E-state index contributed by atoms with van der Waals surface area (Å²) in [5, 5.41) is 8.65. The quantitative estimate of drug-likeness (QED) is 0.541. The second kappa shape index (κ2) is 7.89. The van der Waals surface area contributed by atoms with Gasteiger partial charge < -0.3 is 9.84 Å². The molecule has 1 heterocycles. The molecule has 88 valence electrons. The number of unbranched alkanes of at least 4 members (excludes halogenated alkanes) is 2. The smallest absolute Gasteiger partial charge is 0.0612 e. The van der Waals surface area contributed by atoms with Crippen LogP contribution in [0.4, 0.5) is 0 Å². The van der Waals surface area contributed by atoms with E-state index < -0.39 is 0 Å². The third-order valence-electron chi connectivity index (χ3n) is 2.93. The zero-order valence-electron chi connectivity index (χ0n) is 9.87. The van der Waals surface area contributed by atoms with E-state index in [2.05, 4.69) is 13.0 Å². The third-order valence-corrected chi connectivity index (χ3v) is 2.93. The molecule has 0 amide bonds. The molecule has 1 aliphatic heterocycles. The number of aliphatic hydroxyl groups excluding tert-OH is 1. The van der Waals surface area contributed by atoms with Gasteiger partial charge in [-0.15, -0.1) is 0 Å². The van der Waals surface area contributed by atoms with Crippen LogP contribution < -0.4 is 0 Å². The molecule has 0 aliphatic carbocycles. The van der Waals surface area contributed by atoms with Crippen molar-refractivity contribution in [2.75, 3.05) is 13.2 Å². The van der Waals surface area contributed by atoms with E-state index in [0.29, 0.717) is 12.7 Å². The molecule has 0 radical (unpaired) electrons. The van der Waals surface area contributed by atoms with Crippen molar-refractivity contribution in [3.63, 3.8) is 0 Å². The summed E-state index contributed by atoms with van der Waals surface area (Å²) in [5.41, 5.74) is 1.44. The molecule has 0 aromatic rings. The van der Waals surface area contributed by atoms with Crippen molar-refractivity contribution >= 4 is 0 Å². The van der Waals surface area contributed by atoms with Crippen molar-refractivity contribution in [2.24, 2.45) is 0 Å². The molecule has 1 saturated heterocycles. The Bertz CT molecular complexity index is 181. The maximum absolute atomic E-state index is 8.65. The van der Waals surface area contributed by atoms with Gasteiger partial charge in [0.05, 0.1) is 6.10 Å². The zero-order chi connectivity index (χ0) is 10.9. The highest BCUT2D eigenvalue weighted by Gasteiger charge is 2.13. The monoisotopic (exact) mass is 212 g/mol. The first-order valence-electron chi connectivity index (χ1n) is 6.21. The van der Waals surface area contributed by atoms with Gasteiger partial charge in [-0.25, -0.2) is 0 Å². The lowest BCUT2D eigenvalue weighted by Crippen LogP contribution is -2.19. The highest BCUT2D eigenvalue weighted by atomic mass is 16.5. The molecule has 2 heteroatoms. The molecule has 1 rings (SSSR count). The van der Waals surface area contributed by atoms with Crippen molar-refractivity contribution in [3.05, 3.63) is 11.6 Å². The molecule has 1 fully saturated rings. The topological polar surface area (TPSA) is 29.5 Å². The Labute approximate surface area is 93.3 Å². The predicted molar refractivity (Wildman–Crippen MR) is 62.9 cm³/mol. The third kappa shape index (κ3) is 5.95. The van der Waals surface area contributed by atoms with Crippen LogP contribution in [0.15, 0.2) is 11.6 Å². The molecule has 0 spiro atoms. The fourth-order valence-electron chi connectivity index (χ4n) is 2.02. The van der Waals surface area contributed by atoms with E-state index in [1.54, 1.807) is 0 Å². The normalized spacial score (nSPS) is 23.1. The van der Waals surface area contributed by atoms with E-state index in [-0.39, 0.29) is 0 Å². The van der Waals surface area contributed by atoms with E-state index in [1.165, 1.54) is 24.8 Å². The summed E-state index contributed by atoms with van der Waals surface area (Å²) in [6.45, 7) is 3.46. The van der Waals surface area contributed by atoms with E-state index in [4.69, 9.17) is 9.84 Å². The molecule has 0 saturated carbocycles. The van der Waals surface area contributed by atoms with Crippen molar-refractivity contribution in [3.8, 4) is 0 Å². The molecule has 1 aliphatic rings. The van der Waals surface area contributed by atoms with Crippen LogP contribution >= 0.6 is 0 Å². The Morgan fingerprint density at radius 2 is 2.27 bits per heavy atom. The second-order valence-corrected chi connectivity index (χ2v) is 4.46. The summed E-state index contributed by atoms with van der Waals surface area (Å²) in [6.07, 6.45) is 10.8. The fraction of sp³-hybridized carbons (Fsp3) is 0.846. The average Bonchev–Trinajstić information content (AvgIpc) is 2.26. The van der Waals surface area contributed by atoms with Crippen LogP contribution in [0, 0.1) is 0 Å². The lowest BCUT2D eigenvalue weighted by atomic mass is 10.0. The SMILES string of the molecule is C/C(=C\CCCCO)CC1CCCCO1. The maximum Gasteiger partial charge on any atom is 0.0612 e. The summed E-state index contributed by atoms with van der Waals surface area (Å²) in [5.74, 6) is 0. The molecular formula is C13H24O2. The molecule has 15 heavy (non-hydrogen) atoms. The van der Waals surface area contributed by atoms with E-state index in [1.807, 2.05) is 0 Å². The molecule has 0 aromatic carbocycles. The van der Waals surface area contributed by atoms with Gasteiger partial charge in [0.2, 0.25) is 0 Å². The summed E-state index contributed by atoms with van der Waals surface area (Å²) in [4.78, 5) is 0. The Hall–Kier alpha value is -0.340. The lowest BCUT2D eigenvalue weighted by molar-refractivity contribution is 0.0168. The number of aliphatic hydroxyl groups is 1. The van der Waals surface area contributed by atoms with Gasteiger partial charge >= 0.3 is 0 Å². The first-order chi connectivity index (χ1) is 7.33. The Kier molecular flexibility index (Phi) is 6.69. The summed E-state index contributed by atoms with van der Waals surface area (Å²) < 4.78 is 5.70. The number of hydrogen-bond acceptors (Lipinski definition) is 2. The highest BCUT2D eigenvalue weighted by Crippen LogP contribution is 2.19. The van der Waals surface area contributed by atoms with Crippen molar-refractivity contribution < 1.29 is 9.84 Å². The lowest BCUT2D eigenvalue weighted by Gasteiger charge is -2.22. The zero-order valence-corrected chi connectivity index (χ0v) is 9.87. The van der Waals surface area contributed by atoms with Gasteiger partial charge in [-0.1, -0.05) is 11.6 Å². The molecule has 2 nitrogen and oxygen atoms in total. The van der Waals surface area contributed by atoms with E-state index >= 15 is 0 Å². The van der Waals surface area contributed by atoms with E-state index in [0.717, 1.165) is 32.3 Å². The molecule has 0 bridgehead atoms.